The van der Waals surface area contributed by atoms with E-state index < -0.39 is 43.5 Å². The van der Waals surface area contributed by atoms with Gasteiger partial charge in [0, 0.05) is 27.9 Å². The summed E-state index contributed by atoms with van der Waals surface area (Å²) in [5.41, 5.74) is 1.59. The summed E-state index contributed by atoms with van der Waals surface area (Å²) in [6, 6.07) is 20.2. The number of ether oxygens (including phenoxy) is 2. The Morgan fingerprint density at radius 3 is 2.39 bits per heavy atom. The van der Waals surface area contributed by atoms with Crippen LogP contribution in [-0.2, 0) is 32.3 Å². The van der Waals surface area contributed by atoms with Crippen LogP contribution in [0.15, 0.2) is 83.9 Å². The minimum Gasteiger partial charge on any atom is -0.497 e. The van der Waals surface area contributed by atoms with Crippen molar-refractivity contribution in [2.24, 2.45) is 0 Å². The maximum Gasteiger partial charge on any atom is 0.413 e. The highest BCUT2D eigenvalue weighted by molar-refractivity contribution is 7.89. The fourth-order valence-corrected chi connectivity index (χ4v) is 8.19. The van der Waals surface area contributed by atoms with Gasteiger partial charge in [0.1, 0.15) is 17.2 Å². The summed E-state index contributed by atoms with van der Waals surface area (Å²) in [5, 5.41) is 3.81. The molecule has 5 aromatic rings. The molecule has 5 rings (SSSR count). The van der Waals surface area contributed by atoms with Crippen molar-refractivity contribution in [3.8, 4) is 17.0 Å². The molecular weight excluding hydrogens is 730 g/mol. The molecule has 0 spiro atoms. The molecule has 2 atom stereocenters. The number of pyridine rings is 2. The summed E-state index contributed by atoms with van der Waals surface area (Å²) in [5.74, 6) is 0.889. The van der Waals surface area contributed by atoms with Crippen molar-refractivity contribution in [1.29, 1.82) is 0 Å². The third-order valence-electron chi connectivity index (χ3n) is 7.35. The summed E-state index contributed by atoms with van der Waals surface area (Å²) < 4.78 is 56.9. The predicted molar refractivity (Wildman–Crippen MR) is 204 cm³/mol. The highest BCUT2D eigenvalue weighted by atomic mass is 35.5. The maximum atomic E-state index is 13.5. The zero-order valence-electron chi connectivity index (χ0n) is 29.2. The molecule has 0 fully saturated rings. The van der Waals surface area contributed by atoms with Crippen LogP contribution in [0.2, 0.25) is 5.02 Å². The molecule has 3 N–H and O–H groups in total. The van der Waals surface area contributed by atoms with Crippen molar-refractivity contribution in [2.75, 3.05) is 12.4 Å². The van der Waals surface area contributed by atoms with Gasteiger partial charge in [-0.2, -0.15) is 0 Å². The molecule has 270 valence electrons. The Morgan fingerprint density at radius 2 is 1.73 bits per heavy atom. The number of carbonyl (C=O) groups excluding carboxylic acids is 1. The monoisotopic (exact) mass is 769 g/mol. The van der Waals surface area contributed by atoms with Gasteiger partial charge in [0.2, 0.25) is 10.0 Å². The molecule has 0 aliphatic heterocycles. The predicted octanol–water partition coefficient (Wildman–Crippen LogP) is 7.99. The van der Waals surface area contributed by atoms with Gasteiger partial charge in [-0.15, -0.1) is 11.3 Å². The Bertz CT molecular complexity index is 2180. The average molecular weight is 770 g/mol. The first kappa shape index (κ1) is 38.3. The smallest absolute Gasteiger partial charge is 0.413 e. The molecular formula is C36H40ClN5O6S3. The number of fused-ring (bicyclic) bond motifs is 1. The van der Waals surface area contributed by atoms with Gasteiger partial charge in [0.25, 0.3) is 0 Å². The number of halogens is 1. The number of rotatable bonds is 11. The number of hydrogen-bond acceptors (Lipinski definition) is 9. The van der Waals surface area contributed by atoms with Gasteiger partial charge in [-0.3, -0.25) is 10.3 Å². The van der Waals surface area contributed by atoms with Gasteiger partial charge in [0.05, 0.1) is 50.2 Å². The fourth-order valence-electron chi connectivity index (χ4n) is 4.83. The fraction of sp³-hybridized carbons (Fsp3) is 0.306. The molecule has 0 aliphatic rings. The van der Waals surface area contributed by atoms with E-state index in [1.807, 2.05) is 45.0 Å². The van der Waals surface area contributed by atoms with Crippen LogP contribution in [0.5, 0.6) is 5.75 Å². The van der Waals surface area contributed by atoms with Crippen molar-refractivity contribution in [3.63, 3.8) is 0 Å². The van der Waals surface area contributed by atoms with E-state index in [0.29, 0.717) is 27.7 Å². The highest BCUT2D eigenvalue weighted by Gasteiger charge is 2.29. The SMILES string of the molecule is COc1ccc(CNS(=O)(=O)c2ccnc(-c3cccc4cc(C(NS(=O)C(C)(C)C)c5nc(NC(=O)OC(C)(C)C)ccc5Cl)sc34)c2)cc1. The second-order valence-corrected chi connectivity index (χ2v) is 18.8. The molecule has 11 nitrogen and oxygen atoms in total. The highest BCUT2D eigenvalue weighted by Crippen LogP contribution is 2.40. The lowest BCUT2D eigenvalue weighted by Gasteiger charge is -2.24. The molecule has 3 heterocycles. The lowest BCUT2D eigenvalue weighted by molar-refractivity contribution is 0.0635. The van der Waals surface area contributed by atoms with Crippen LogP contribution >= 0.6 is 22.9 Å². The summed E-state index contributed by atoms with van der Waals surface area (Å²) in [6.07, 6.45) is 0.791. The summed E-state index contributed by atoms with van der Waals surface area (Å²) >= 11 is 8.14. The summed E-state index contributed by atoms with van der Waals surface area (Å²) in [4.78, 5) is 22.6. The molecule has 0 bridgehead atoms. The van der Waals surface area contributed by atoms with Gasteiger partial charge >= 0.3 is 6.09 Å². The van der Waals surface area contributed by atoms with E-state index in [1.54, 1.807) is 70.3 Å². The number of hydrogen-bond donors (Lipinski definition) is 3. The molecule has 2 aromatic carbocycles. The Hall–Kier alpha value is -3.92. The van der Waals surface area contributed by atoms with Crippen LogP contribution in [0.1, 0.15) is 63.7 Å². The third kappa shape index (κ3) is 9.70. The Labute approximate surface area is 309 Å². The lowest BCUT2D eigenvalue weighted by Crippen LogP contribution is -2.36. The summed E-state index contributed by atoms with van der Waals surface area (Å²) in [6.45, 7) is 10.9. The zero-order chi connectivity index (χ0) is 37.1. The molecule has 0 radical (unpaired) electrons. The number of anilines is 1. The van der Waals surface area contributed by atoms with Gasteiger partial charge in [-0.05, 0) is 95.0 Å². The number of amides is 1. The van der Waals surface area contributed by atoms with Gasteiger partial charge in [0.15, 0.2) is 0 Å². The molecule has 2 unspecified atom stereocenters. The number of nitrogens with one attached hydrogen (secondary N) is 3. The molecule has 0 aliphatic carbocycles. The minimum atomic E-state index is -3.88. The van der Waals surface area contributed by atoms with Crippen LogP contribution in [0.25, 0.3) is 21.3 Å². The number of sulfonamides is 1. The Kier molecular flexibility index (Phi) is 11.5. The normalized spacial score (nSPS) is 13.5. The van der Waals surface area contributed by atoms with E-state index in [0.717, 1.165) is 20.5 Å². The van der Waals surface area contributed by atoms with Gasteiger partial charge in [-0.1, -0.05) is 41.9 Å². The number of thiophene rings is 1. The van der Waals surface area contributed by atoms with E-state index >= 15 is 0 Å². The van der Waals surface area contributed by atoms with Crippen molar-refractivity contribution in [2.45, 2.75) is 69.4 Å². The quantitative estimate of drug-likeness (QED) is 0.123. The first-order chi connectivity index (χ1) is 23.9. The largest absolute Gasteiger partial charge is 0.497 e. The van der Waals surface area contributed by atoms with Crippen LogP contribution < -0.4 is 19.5 Å². The number of nitrogens with zero attached hydrogens (tertiary/aromatic N) is 2. The van der Waals surface area contributed by atoms with Crippen LogP contribution in [0, 0.1) is 0 Å². The van der Waals surface area contributed by atoms with E-state index in [9.17, 15) is 17.4 Å². The molecule has 0 saturated carbocycles. The van der Waals surface area contributed by atoms with Gasteiger partial charge < -0.3 is 9.47 Å². The van der Waals surface area contributed by atoms with Crippen LogP contribution in [0.4, 0.5) is 10.6 Å². The third-order valence-corrected chi connectivity index (χ3v) is 11.9. The average Bonchev–Trinajstić information content (AvgIpc) is 3.50. The molecule has 15 heteroatoms. The molecule has 51 heavy (non-hydrogen) atoms. The number of methoxy groups -OCH3 is 1. The van der Waals surface area contributed by atoms with E-state index in [1.165, 1.54) is 23.6 Å². The second-order valence-electron chi connectivity index (χ2n) is 13.5. The number of carbonyl (C=O) groups is 1. The number of benzene rings is 2. The molecule has 0 saturated heterocycles. The van der Waals surface area contributed by atoms with Crippen molar-refractivity contribution >= 4 is 65.9 Å². The van der Waals surface area contributed by atoms with Crippen molar-refractivity contribution in [1.82, 2.24) is 19.4 Å². The standard InChI is InChI=1S/C36H40ClN5O6S3/c1-35(2,3)48-34(43)41-30-16-15-27(37)31(40-30)32(42-50(44)36(4,5)6)29-19-23-9-8-10-26(33(23)49-29)28-20-25(17-18-38-28)51(45,46)39-21-22-11-13-24(47-7)14-12-22/h8-20,32,39,42H,21H2,1-7H3,(H,40,41,43). The maximum absolute atomic E-state index is 13.5. The molecule has 3 aromatic heterocycles. The Balaban J connectivity index is 1.51. The van der Waals surface area contributed by atoms with E-state index in [4.69, 9.17) is 21.1 Å². The number of aromatic nitrogens is 2. The van der Waals surface area contributed by atoms with Crippen LogP contribution in [-0.4, -0.2) is 46.1 Å². The second kappa shape index (κ2) is 15.4. The summed E-state index contributed by atoms with van der Waals surface area (Å²) in [7, 11) is -3.86. The van der Waals surface area contributed by atoms with Crippen molar-refractivity contribution in [3.05, 3.63) is 100 Å². The lowest BCUT2D eigenvalue weighted by atomic mass is 10.1. The van der Waals surface area contributed by atoms with E-state index in [2.05, 4.69) is 24.7 Å². The Morgan fingerprint density at radius 1 is 1.00 bits per heavy atom. The first-order valence-corrected chi connectivity index (χ1v) is 19.7. The van der Waals surface area contributed by atoms with Crippen LogP contribution in [0.3, 0.4) is 0 Å². The van der Waals surface area contributed by atoms with E-state index in [-0.39, 0.29) is 17.3 Å². The minimum absolute atomic E-state index is 0.0696. The zero-order valence-corrected chi connectivity index (χ0v) is 32.4. The van der Waals surface area contributed by atoms with Gasteiger partial charge in [-0.25, -0.2) is 31.8 Å². The molecule has 1 amide bonds. The first-order valence-electron chi connectivity index (χ1n) is 15.9. The topological polar surface area (TPSA) is 149 Å². The van der Waals surface area contributed by atoms with Crippen molar-refractivity contribution < 1.29 is 26.9 Å².